The minimum absolute atomic E-state index is 0.0688. The summed E-state index contributed by atoms with van der Waals surface area (Å²) in [5, 5.41) is 6.87. The number of Topliss-reactive ketones (excluding diaryl/α,β-unsaturated/α-hetero) is 1. The molecular weight excluding hydrogens is 352 g/mol. The van der Waals surface area contributed by atoms with Crippen LogP contribution in [0.3, 0.4) is 0 Å². The molecule has 9 heteroatoms. The van der Waals surface area contributed by atoms with Crippen LogP contribution >= 0.6 is 11.3 Å². The Bertz CT molecular complexity index is 1090. The van der Waals surface area contributed by atoms with Crippen LogP contribution in [0.5, 0.6) is 5.88 Å². The third kappa shape index (κ3) is 3.04. The number of methoxy groups -OCH3 is 1. The van der Waals surface area contributed by atoms with Crippen molar-refractivity contribution in [1.29, 1.82) is 0 Å². The van der Waals surface area contributed by atoms with Crippen LogP contribution in [0.1, 0.15) is 21.1 Å². The molecule has 0 unspecified atom stereocenters. The Morgan fingerprint density at radius 1 is 1.27 bits per heavy atom. The molecule has 0 aliphatic carbocycles. The average Bonchev–Trinajstić information content (AvgIpc) is 3.29. The zero-order valence-electron chi connectivity index (χ0n) is 14.1. The average molecular weight is 366 g/mol. The maximum absolute atomic E-state index is 12.8. The second-order valence-electron chi connectivity index (χ2n) is 5.60. The molecule has 0 atom stereocenters. The molecule has 26 heavy (non-hydrogen) atoms. The molecule has 0 saturated heterocycles. The van der Waals surface area contributed by atoms with E-state index in [9.17, 15) is 4.79 Å². The third-order valence-electron chi connectivity index (χ3n) is 3.79. The van der Waals surface area contributed by atoms with Gasteiger partial charge in [0.1, 0.15) is 11.3 Å². The summed E-state index contributed by atoms with van der Waals surface area (Å²) in [6.07, 6.45) is 6.53. The Balaban J connectivity index is 1.75. The van der Waals surface area contributed by atoms with Gasteiger partial charge in [0.05, 0.1) is 37.2 Å². The highest BCUT2D eigenvalue weighted by Gasteiger charge is 2.17. The molecule has 0 N–H and O–H groups in total. The first-order chi connectivity index (χ1) is 12.6. The predicted molar refractivity (Wildman–Crippen MR) is 95.5 cm³/mol. The molecule has 0 aromatic carbocycles. The van der Waals surface area contributed by atoms with Gasteiger partial charge in [-0.1, -0.05) is 0 Å². The van der Waals surface area contributed by atoms with Crippen molar-refractivity contribution >= 4 is 22.8 Å². The normalized spacial score (nSPS) is 11.0. The Hall–Kier alpha value is -3.20. The van der Waals surface area contributed by atoms with E-state index in [4.69, 9.17) is 4.74 Å². The van der Waals surface area contributed by atoms with Crippen molar-refractivity contribution in [2.45, 2.75) is 13.3 Å². The number of fused-ring (bicyclic) bond motifs is 1. The number of nitrogens with zero attached hydrogens (tertiary/aromatic N) is 6. The zero-order chi connectivity index (χ0) is 18.1. The third-order valence-corrected chi connectivity index (χ3v) is 4.75. The maximum Gasteiger partial charge on any atom is 0.232 e. The number of hydrogen-bond acceptors (Lipinski definition) is 8. The van der Waals surface area contributed by atoms with Crippen molar-refractivity contribution in [3.8, 4) is 17.1 Å². The van der Waals surface area contributed by atoms with Gasteiger partial charge in [-0.3, -0.25) is 4.79 Å². The lowest BCUT2D eigenvalue weighted by Crippen LogP contribution is -2.07. The fraction of sp³-hybridized carbons (Fsp3) is 0.176. The lowest BCUT2D eigenvalue weighted by atomic mass is 10.1. The molecule has 4 heterocycles. The Morgan fingerprint density at radius 3 is 2.85 bits per heavy atom. The highest BCUT2D eigenvalue weighted by molar-refractivity contribution is 7.09. The highest BCUT2D eigenvalue weighted by Crippen LogP contribution is 2.22. The Labute approximate surface area is 152 Å². The van der Waals surface area contributed by atoms with Gasteiger partial charge in [0.15, 0.2) is 11.4 Å². The largest absolute Gasteiger partial charge is 0.480 e. The molecule has 0 radical (unpaired) electrons. The molecule has 0 saturated carbocycles. The quantitative estimate of drug-likeness (QED) is 0.500. The van der Waals surface area contributed by atoms with Gasteiger partial charge in [0.2, 0.25) is 5.88 Å². The van der Waals surface area contributed by atoms with E-state index in [2.05, 4.69) is 25.0 Å². The zero-order valence-corrected chi connectivity index (χ0v) is 14.9. The molecule has 4 rings (SSSR count). The number of ether oxygens (including phenoxy) is 1. The molecular formula is C17H14N6O2S. The summed E-state index contributed by atoms with van der Waals surface area (Å²) < 4.78 is 6.60. The van der Waals surface area contributed by atoms with Crippen molar-refractivity contribution in [3.63, 3.8) is 0 Å². The maximum atomic E-state index is 12.8. The van der Waals surface area contributed by atoms with E-state index in [1.807, 2.05) is 12.3 Å². The van der Waals surface area contributed by atoms with Crippen molar-refractivity contribution in [2.24, 2.45) is 0 Å². The van der Waals surface area contributed by atoms with Crippen LogP contribution in [0.4, 0.5) is 0 Å². The summed E-state index contributed by atoms with van der Waals surface area (Å²) >= 11 is 1.47. The van der Waals surface area contributed by atoms with E-state index in [1.54, 1.807) is 23.0 Å². The number of pyridine rings is 1. The molecule has 0 spiro atoms. The Kier molecular flexibility index (Phi) is 4.13. The van der Waals surface area contributed by atoms with Crippen molar-refractivity contribution < 1.29 is 9.53 Å². The van der Waals surface area contributed by atoms with Gasteiger partial charge in [-0.25, -0.2) is 24.5 Å². The summed E-state index contributed by atoms with van der Waals surface area (Å²) in [6.45, 7) is 1.91. The van der Waals surface area contributed by atoms with Gasteiger partial charge in [0.25, 0.3) is 0 Å². The van der Waals surface area contributed by atoms with Gasteiger partial charge in [0, 0.05) is 22.8 Å². The topological polar surface area (TPSA) is 95.2 Å². The molecule has 0 bridgehead atoms. The number of carbonyl (C=O) groups excluding carboxylic acids is 1. The number of hydrogen-bond donors (Lipinski definition) is 0. The van der Waals surface area contributed by atoms with E-state index in [0.717, 1.165) is 16.3 Å². The first-order valence-corrected chi connectivity index (χ1v) is 8.66. The van der Waals surface area contributed by atoms with E-state index in [1.165, 1.54) is 31.0 Å². The van der Waals surface area contributed by atoms with Crippen LogP contribution in [-0.4, -0.2) is 42.4 Å². The number of ketones is 1. The van der Waals surface area contributed by atoms with Crippen LogP contribution in [0, 0.1) is 6.92 Å². The number of aryl methyl sites for hydroxylation is 1. The predicted octanol–water partition coefficient (Wildman–Crippen LogP) is 2.39. The highest BCUT2D eigenvalue weighted by atomic mass is 32.1. The van der Waals surface area contributed by atoms with Crippen LogP contribution in [0.25, 0.3) is 16.9 Å². The molecule has 0 aliphatic rings. The second-order valence-corrected chi connectivity index (χ2v) is 6.54. The molecule has 130 valence electrons. The smallest absolute Gasteiger partial charge is 0.232 e. The molecule has 4 aromatic heterocycles. The lowest BCUT2D eigenvalue weighted by Gasteiger charge is -2.06. The van der Waals surface area contributed by atoms with E-state index < -0.39 is 0 Å². The summed E-state index contributed by atoms with van der Waals surface area (Å²) in [4.78, 5) is 29.9. The van der Waals surface area contributed by atoms with Gasteiger partial charge in [-0.05, 0) is 13.0 Å². The fourth-order valence-corrected chi connectivity index (χ4v) is 3.33. The number of aromatic nitrogens is 6. The van der Waals surface area contributed by atoms with Crippen LogP contribution in [0.15, 0.2) is 36.4 Å². The number of carbonyl (C=O) groups is 1. The standard InChI is InChI=1S/C17H14N6O2S/c1-10-8-26-16(22-10)4-14(24)12-3-11(7-23-17(12)20-9-21-23)13-5-19-15(25-2)6-18-13/h3,5-9H,4H2,1-2H3. The second kappa shape index (κ2) is 6.60. The molecule has 0 amide bonds. The van der Waals surface area contributed by atoms with Crippen LogP contribution < -0.4 is 4.74 Å². The number of thiazole rings is 1. The molecule has 4 aromatic rings. The first-order valence-electron chi connectivity index (χ1n) is 7.78. The molecule has 0 fully saturated rings. The summed E-state index contributed by atoms with van der Waals surface area (Å²) in [5.74, 6) is 0.353. The summed E-state index contributed by atoms with van der Waals surface area (Å²) in [5.41, 5.74) is 3.23. The van der Waals surface area contributed by atoms with E-state index >= 15 is 0 Å². The lowest BCUT2D eigenvalue weighted by molar-refractivity contribution is 0.0994. The Morgan fingerprint density at radius 2 is 2.15 bits per heavy atom. The summed E-state index contributed by atoms with van der Waals surface area (Å²) in [6, 6.07) is 1.77. The van der Waals surface area contributed by atoms with E-state index in [0.29, 0.717) is 22.8 Å². The van der Waals surface area contributed by atoms with Gasteiger partial charge in [-0.2, -0.15) is 5.10 Å². The van der Waals surface area contributed by atoms with E-state index in [-0.39, 0.29) is 12.2 Å². The van der Waals surface area contributed by atoms with Crippen molar-refractivity contribution in [3.05, 3.63) is 52.6 Å². The van der Waals surface area contributed by atoms with Crippen LogP contribution in [-0.2, 0) is 6.42 Å². The minimum Gasteiger partial charge on any atom is -0.480 e. The summed E-state index contributed by atoms with van der Waals surface area (Å²) in [7, 11) is 1.53. The molecule has 8 nitrogen and oxygen atoms in total. The van der Waals surface area contributed by atoms with Gasteiger partial charge >= 0.3 is 0 Å². The first kappa shape index (κ1) is 16.3. The van der Waals surface area contributed by atoms with Crippen molar-refractivity contribution in [1.82, 2.24) is 29.5 Å². The molecule has 0 aliphatic heterocycles. The van der Waals surface area contributed by atoms with Crippen LogP contribution in [0.2, 0.25) is 0 Å². The van der Waals surface area contributed by atoms with Gasteiger partial charge in [-0.15, -0.1) is 11.3 Å². The van der Waals surface area contributed by atoms with Gasteiger partial charge < -0.3 is 4.74 Å². The number of rotatable bonds is 5. The SMILES string of the molecule is COc1cnc(-c2cc(C(=O)Cc3nc(C)cs3)c3ncnn3c2)cn1. The minimum atomic E-state index is -0.0688. The van der Waals surface area contributed by atoms with Crippen molar-refractivity contribution in [2.75, 3.05) is 7.11 Å². The monoisotopic (exact) mass is 366 g/mol. The fourth-order valence-electron chi connectivity index (χ4n) is 2.56.